The summed E-state index contributed by atoms with van der Waals surface area (Å²) in [6.07, 6.45) is 0.534. The molecule has 6 amide bonds. The molecule has 0 aromatic heterocycles. The topological polar surface area (TPSA) is 157 Å². The van der Waals surface area contributed by atoms with Gasteiger partial charge in [0, 0.05) is 46.0 Å². The number of thiocarbonyl (C=S) groups is 2. The van der Waals surface area contributed by atoms with Crippen LogP contribution in [0.15, 0.2) is 67.3 Å². The SMILES string of the molecule is O=C(CCCN1C(=O)C(=C2SC(=S)N(CCCC(=O)NNC(=O)c3ccc(Br)cc3)C2=O)SC1=S)NNC(=O)c1ccc(Br)cc1. The van der Waals surface area contributed by atoms with E-state index in [1.807, 2.05) is 0 Å². The van der Waals surface area contributed by atoms with Crippen molar-refractivity contribution >= 4 is 124 Å². The maximum Gasteiger partial charge on any atom is 0.269 e. The molecule has 2 aliphatic heterocycles. The van der Waals surface area contributed by atoms with Crippen LogP contribution < -0.4 is 21.7 Å². The van der Waals surface area contributed by atoms with Crippen LogP contribution in [0.4, 0.5) is 0 Å². The zero-order valence-electron chi connectivity index (χ0n) is 23.6. The molecule has 2 aromatic carbocycles. The van der Waals surface area contributed by atoms with Crippen molar-refractivity contribution in [2.75, 3.05) is 13.1 Å². The monoisotopic (exact) mass is 826 g/mol. The maximum atomic E-state index is 13.2. The van der Waals surface area contributed by atoms with Crippen molar-refractivity contribution in [3.8, 4) is 0 Å². The Morgan fingerprint density at radius 3 is 1.30 bits per heavy atom. The average molecular weight is 829 g/mol. The van der Waals surface area contributed by atoms with Crippen LogP contribution >= 0.6 is 79.8 Å². The zero-order valence-corrected chi connectivity index (χ0v) is 30.0. The number of carbonyl (C=O) groups is 6. The predicted octanol–water partition coefficient (Wildman–Crippen LogP) is 3.93. The quantitative estimate of drug-likeness (QED) is 0.157. The molecule has 46 heavy (non-hydrogen) atoms. The third-order valence-electron chi connectivity index (χ3n) is 6.32. The summed E-state index contributed by atoms with van der Waals surface area (Å²) < 4.78 is 2.12. The first kappa shape index (κ1) is 35.7. The van der Waals surface area contributed by atoms with Crippen molar-refractivity contribution in [3.63, 3.8) is 0 Å². The lowest BCUT2D eigenvalue weighted by Gasteiger charge is -2.15. The van der Waals surface area contributed by atoms with Crippen molar-refractivity contribution in [2.45, 2.75) is 25.7 Å². The summed E-state index contributed by atoms with van der Waals surface area (Å²) in [5.74, 6) is -2.76. The Labute approximate surface area is 299 Å². The van der Waals surface area contributed by atoms with E-state index in [9.17, 15) is 28.8 Å². The van der Waals surface area contributed by atoms with Gasteiger partial charge in [-0.2, -0.15) is 0 Å². The van der Waals surface area contributed by atoms with E-state index in [0.29, 0.717) is 11.1 Å². The second-order valence-electron chi connectivity index (χ2n) is 9.53. The van der Waals surface area contributed by atoms with Gasteiger partial charge in [-0.25, -0.2) is 0 Å². The lowest BCUT2D eigenvalue weighted by Crippen LogP contribution is -2.42. The molecule has 2 heterocycles. The van der Waals surface area contributed by atoms with Gasteiger partial charge in [0.2, 0.25) is 11.8 Å². The molecule has 0 atom stereocenters. The first-order valence-electron chi connectivity index (χ1n) is 13.5. The van der Waals surface area contributed by atoms with Gasteiger partial charge in [0.05, 0.1) is 9.81 Å². The Hall–Kier alpha value is -3.16. The first-order chi connectivity index (χ1) is 21.9. The Morgan fingerprint density at radius 2 is 0.957 bits per heavy atom. The minimum absolute atomic E-state index is 0.0105. The molecule has 240 valence electrons. The van der Waals surface area contributed by atoms with E-state index in [1.54, 1.807) is 48.5 Å². The second-order valence-corrected chi connectivity index (χ2v) is 14.7. The van der Waals surface area contributed by atoms with Crippen LogP contribution in [0.1, 0.15) is 46.4 Å². The molecule has 2 aromatic rings. The average Bonchev–Trinajstić information content (AvgIpc) is 3.47. The number of thioether (sulfide) groups is 2. The summed E-state index contributed by atoms with van der Waals surface area (Å²) in [7, 11) is 0. The van der Waals surface area contributed by atoms with Crippen LogP contribution in [0.25, 0.3) is 0 Å². The van der Waals surface area contributed by atoms with Crippen LogP contribution in [-0.2, 0) is 19.2 Å². The predicted molar refractivity (Wildman–Crippen MR) is 189 cm³/mol. The lowest BCUT2D eigenvalue weighted by molar-refractivity contribution is -0.125. The molecule has 18 heteroatoms. The van der Waals surface area contributed by atoms with Crippen LogP contribution in [0, 0.1) is 0 Å². The highest BCUT2D eigenvalue weighted by atomic mass is 79.9. The molecule has 4 rings (SSSR count). The number of hydrogen-bond donors (Lipinski definition) is 4. The molecule has 0 radical (unpaired) electrons. The van der Waals surface area contributed by atoms with Gasteiger partial charge in [0.25, 0.3) is 23.6 Å². The third kappa shape index (κ3) is 9.45. The number of amides is 6. The number of nitrogens with zero attached hydrogens (tertiary/aromatic N) is 2. The fraction of sp³-hybridized carbons (Fsp3) is 0.214. The minimum Gasteiger partial charge on any atom is -0.293 e. The summed E-state index contributed by atoms with van der Waals surface area (Å²) in [5, 5.41) is 0. The Balaban J connectivity index is 1.20. The standard InChI is InChI=1S/C28H24Br2N6O6S4/c29-17-9-5-15(6-10-17)23(39)33-31-19(37)3-1-13-35-25(41)21(45-27(35)43)22-26(42)36(28(44)46-22)14-2-4-20(38)32-34-24(40)16-7-11-18(30)12-8-16/h5-12H,1-4,13-14H2,(H,31,37)(H,32,38)(H,33,39)(H,34,40). The molecule has 4 N–H and O–H groups in total. The van der Waals surface area contributed by atoms with Crippen molar-refractivity contribution < 1.29 is 28.8 Å². The van der Waals surface area contributed by atoms with E-state index in [2.05, 4.69) is 53.6 Å². The summed E-state index contributed by atoms with van der Waals surface area (Å²) in [5.41, 5.74) is 10.1. The van der Waals surface area contributed by atoms with Crippen LogP contribution in [-0.4, -0.2) is 67.0 Å². The third-order valence-corrected chi connectivity index (χ3v) is 10.4. The first-order valence-corrected chi connectivity index (χ1v) is 17.5. The fourth-order valence-electron chi connectivity index (χ4n) is 3.98. The number of benzene rings is 2. The number of nitrogens with one attached hydrogen (secondary N) is 4. The van der Waals surface area contributed by atoms with E-state index in [4.69, 9.17) is 24.4 Å². The van der Waals surface area contributed by atoms with Crippen LogP contribution in [0.2, 0.25) is 0 Å². The van der Waals surface area contributed by atoms with Crippen molar-refractivity contribution in [2.24, 2.45) is 0 Å². The molecule has 0 bridgehead atoms. The van der Waals surface area contributed by atoms with Crippen molar-refractivity contribution in [3.05, 3.63) is 78.4 Å². The molecular formula is C28H24Br2N6O6S4. The normalized spacial score (nSPS) is 16.1. The molecule has 0 spiro atoms. The van der Waals surface area contributed by atoms with E-state index >= 15 is 0 Å². The van der Waals surface area contributed by atoms with Gasteiger partial charge in [-0.15, -0.1) is 0 Å². The second kappa shape index (κ2) is 16.6. The smallest absolute Gasteiger partial charge is 0.269 e. The largest absolute Gasteiger partial charge is 0.293 e. The number of halogens is 2. The van der Waals surface area contributed by atoms with Gasteiger partial charge >= 0.3 is 0 Å². The molecule has 2 saturated heterocycles. The summed E-state index contributed by atoms with van der Waals surface area (Å²) in [4.78, 5) is 78.1. The van der Waals surface area contributed by atoms with Gasteiger partial charge < -0.3 is 0 Å². The highest BCUT2D eigenvalue weighted by molar-refractivity contribution is 9.10. The molecule has 2 aliphatic rings. The molecule has 12 nitrogen and oxygen atoms in total. The van der Waals surface area contributed by atoms with E-state index in [0.717, 1.165) is 32.5 Å². The Morgan fingerprint density at radius 1 is 0.609 bits per heavy atom. The van der Waals surface area contributed by atoms with Crippen molar-refractivity contribution in [1.29, 1.82) is 0 Å². The number of hydrogen-bond acceptors (Lipinski definition) is 10. The van der Waals surface area contributed by atoms with Gasteiger partial charge in [-0.3, -0.25) is 60.3 Å². The molecule has 2 fully saturated rings. The molecular weight excluding hydrogens is 804 g/mol. The molecule has 0 unspecified atom stereocenters. The van der Waals surface area contributed by atoms with Gasteiger partial charge in [-0.1, -0.05) is 79.8 Å². The summed E-state index contributed by atoms with van der Waals surface area (Å²) in [6, 6.07) is 13.2. The van der Waals surface area contributed by atoms with Gasteiger partial charge in [-0.05, 0) is 61.4 Å². The fourth-order valence-corrected chi connectivity index (χ4v) is 7.28. The Bertz CT molecular complexity index is 1520. The van der Waals surface area contributed by atoms with E-state index in [1.165, 1.54) is 9.80 Å². The lowest BCUT2D eigenvalue weighted by atomic mass is 10.2. The van der Waals surface area contributed by atoms with Crippen LogP contribution in [0.3, 0.4) is 0 Å². The van der Waals surface area contributed by atoms with Gasteiger partial charge in [0.1, 0.15) is 8.64 Å². The number of hydrazine groups is 2. The van der Waals surface area contributed by atoms with E-state index < -0.39 is 35.4 Å². The molecule has 0 aliphatic carbocycles. The van der Waals surface area contributed by atoms with Gasteiger partial charge in [0.15, 0.2) is 0 Å². The summed E-state index contributed by atoms with van der Waals surface area (Å²) in [6.45, 7) is 0.270. The maximum absolute atomic E-state index is 13.2. The Kier molecular flexibility index (Phi) is 12.9. The van der Waals surface area contributed by atoms with Crippen LogP contribution in [0.5, 0.6) is 0 Å². The van der Waals surface area contributed by atoms with E-state index in [-0.39, 0.29) is 57.2 Å². The highest BCUT2D eigenvalue weighted by Gasteiger charge is 2.41. The van der Waals surface area contributed by atoms with Crippen molar-refractivity contribution in [1.82, 2.24) is 31.5 Å². The summed E-state index contributed by atoms with van der Waals surface area (Å²) >= 11 is 19.3. The molecule has 0 saturated carbocycles. The zero-order chi connectivity index (χ0) is 33.4. The minimum atomic E-state index is -0.473. The number of rotatable bonds is 10. The number of carbonyl (C=O) groups excluding carboxylic acids is 6. The highest BCUT2D eigenvalue weighted by Crippen LogP contribution is 2.42.